The van der Waals surface area contributed by atoms with Gasteiger partial charge >= 0.3 is 0 Å². The molecule has 0 aromatic carbocycles. The van der Waals surface area contributed by atoms with Gasteiger partial charge in [-0.05, 0) is 38.3 Å². The Hall–Kier alpha value is -0.850. The summed E-state index contributed by atoms with van der Waals surface area (Å²) in [5.41, 5.74) is 0. The largest absolute Gasteiger partial charge is 0.389 e. The summed E-state index contributed by atoms with van der Waals surface area (Å²) in [5.74, 6) is 2.11. The minimum absolute atomic E-state index is 0.353. The standard InChI is InChI=1S/C19H40N4O2/c1-6-20-19(21-11-18(24)15-25-14-16(4)5)23-10-9-17(13-23)12-22(7-2)8-3/h16-18,24H,6-15H2,1-5H3,(H,20,21). The van der Waals surface area contributed by atoms with Gasteiger partial charge in [0, 0.05) is 32.8 Å². The lowest BCUT2D eigenvalue weighted by Crippen LogP contribution is -2.41. The monoisotopic (exact) mass is 356 g/mol. The highest BCUT2D eigenvalue weighted by Crippen LogP contribution is 2.17. The molecule has 0 radical (unpaired) electrons. The second-order valence-electron chi connectivity index (χ2n) is 7.37. The highest BCUT2D eigenvalue weighted by atomic mass is 16.5. The minimum Gasteiger partial charge on any atom is -0.389 e. The molecular weight excluding hydrogens is 316 g/mol. The van der Waals surface area contributed by atoms with Gasteiger partial charge in [-0.15, -0.1) is 0 Å². The molecule has 0 aromatic rings. The summed E-state index contributed by atoms with van der Waals surface area (Å²) in [4.78, 5) is 9.46. The van der Waals surface area contributed by atoms with Gasteiger partial charge in [0.15, 0.2) is 5.96 Å². The van der Waals surface area contributed by atoms with Gasteiger partial charge in [-0.1, -0.05) is 27.7 Å². The molecule has 0 spiro atoms. The molecule has 1 fully saturated rings. The van der Waals surface area contributed by atoms with Crippen molar-refractivity contribution in [1.29, 1.82) is 0 Å². The van der Waals surface area contributed by atoms with Crippen LogP contribution in [-0.2, 0) is 4.74 Å². The number of hydrogen-bond donors (Lipinski definition) is 2. The maximum atomic E-state index is 10.1. The van der Waals surface area contributed by atoms with Crippen molar-refractivity contribution >= 4 is 5.96 Å². The van der Waals surface area contributed by atoms with Crippen LogP contribution in [0.1, 0.15) is 41.0 Å². The topological polar surface area (TPSA) is 60.3 Å². The summed E-state index contributed by atoms with van der Waals surface area (Å²) >= 11 is 0. The smallest absolute Gasteiger partial charge is 0.194 e. The van der Waals surface area contributed by atoms with Crippen LogP contribution in [0.5, 0.6) is 0 Å². The molecule has 1 rings (SSSR count). The Balaban J connectivity index is 2.47. The molecule has 2 atom stereocenters. The zero-order chi connectivity index (χ0) is 18.7. The van der Waals surface area contributed by atoms with Gasteiger partial charge in [0.2, 0.25) is 0 Å². The average molecular weight is 357 g/mol. The Labute approximate surface area is 154 Å². The van der Waals surface area contributed by atoms with E-state index in [2.05, 4.69) is 54.7 Å². The lowest BCUT2D eigenvalue weighted by Gasteiger charge is -2.24. The Bertz CT molecular complexity index is 372. The summed E-state index contributed by atoms with van der Waals surface area (Å²) in [5, 5.41) is 13.4. The molecule has 0 aromatic heterocycles. The van der Waals surface area contributed by atoms with E-state index >= 15 is 0 Å². The van der Waals surface area contributed by atoms with Gasteiger partial charge in [0.25, 0.3) is 0 Å². The summed E-state index contributed by atoms with van der Waals surface area (Å²) in [7, 11) is 0. The first-order valence-corrected chi connectivity index (χ1v) is 10.0. The van der Waals surface area contributed by atoms with Crippen molar-refractivity contribution < 1.29 is 9.84 Å². The molecule has 148 valence electrons. The second-order valence-corrected chi connectivity index (χ2v) is 7.37. The number of hydrogen-bond acceptors (Lipinski definition) is 4. The third-order valence-corrected chi connectivity index (χ3v) is 4.54. The van der Waals surface area contributed by atoms with Crippen LogP contribution < -0.4 is 5.32 Å². The highest BCUT2D eigenvalue weighted by molar-refractivity contribution is 5.80. The lowest BCUT2D eigenvalue weighted by atomic mass is 10.1. The number of ether oxygens (including phenoxy) is 1. The summed E-state index contributed by atoms with van der Waals surface area (Å²) in [6.45, 7) is 18.5. The van der Waals surface area contributed by atoms with Crippen LogP contribution in [0.15, 0.2) is 4.99 Å². The van der Waals surface area contributed by atoms with Crippen molar-refractivity contribution in [2.75, 3.05) is 59.0 Å². The fraction of sp³-hybridized carbons (Fsp3) is 0.947. The van der Waals surface area contributed by atoms with E-state index in [4.69, 9.17) is 4.74 Å². The predicted molar refractivity (Wildman–Crippen MR) is 105 cm³/mol. The molecule has 0 bridgehead atoms. The Morgan fingerprint density at radius 3 is 2.60 bits per heavy atom. The summed E-state index contributed by atoms with van der Waals surface area (Å²) in [6.07, 6.45) is 0.669. The van der Waals surface area contributed by atoms with Crippen molar-refractivity contribution in [2.24, 2.45) is 16.8 Å². The van der Waals surface area contributed by atoms with E-state index in [1.165, 1.54) is 6.42 Å². The van der Waals surface area contributed by atoms with Crippen LogP contribution in [-0.4, -0.2) is 86.0 Å². The molecule has 6 nitrogen and oxygen atoms in total. The van der Waals surface area contributed by atoms with Crippen LogP contribution >= 0.6 is 0 Å². The zero-order valence-corrected chi connectivity index (χ0v) is 17.0. The molecule has 2 N–H and O–H groups in total. The Kier molecular flexibility index (Phi) is 11.1. The lowest BCUT2D eigenvalue weighted by molar-refractivity contribution is 0.0300. The van der Waals surface area contributed by atoms with Crippen LogP contribution in [0.25, 0.3) is 0 Å². The number of likely N-dealkylation sites (tertiary alicyclic amines) is 1. The van der Waals surface area contributed by atoms with Gasteiger partial charge in [-0.25, -0.2) is 0 Å². The molecular formula is C19H40N4O2. The number of aliphatic imine (C=N–C) groups is 1. The quantitative estimate of drug-likeness (QED) is 0.435. The molecule has 2 unspecified atom stereocenters. The van der Waals surface area contributed by atoms with Gasteiger partial charge < -0.3 is 25.0 Å². The van der Waals surface area contributed by atoms with Crippen molar-refractivity contribution in [1.82, 2.24) is 15.1 Å². The maximum absolute atomic E-state index is 10.1. The first kappa shape index (κ1) is 22.2. The number of nitrogens with zero attached hydrogens (tertiary/aromatic N) is 3. The Morgan fingerprint density at radius 2 is 2.00 bits per heavy atom. The normalized spacial score (nSPS) is 19.9. The number of guanidine groups is 1. The van der Waals surface area contributed by atoms with Crippen molar-refractivity contribution in [3.05, 3.63) is 0 Å². The fourth-order valence-electron chi connectivity index (χ4n) is 3.13. The summed E-state index contributed by atoms with van der Waals surface area (Å²) < 4.78 is 5.50. The van der Waals surface area contributed by atoms with E-state index < -0.39 is 6.10 Å². The van der Waals surface area contributed by atoms with Crippen LogP contribution in [0, 0.1) is 11.8 Å². The van der Waals surface area contributed by atoms with Gasteiger partial charge in [0.1, 0.15) is 0 Å². The van der Waals surface area contributed by atoms with Crippen molar-refractivity contribution in [3.63, 3.8) is 0 Å². The zero-order valence-electron chi connectivity index (χ0n) is 17.0. The van der Waals surface area contributed by atoms with Crippen molar-refractivity contribution in [3.8, 4) is 0 Å². The van der Waals surface area contributed by atoms with E-state index in [0.29, 0.717) is 31.6 Å². The molecule has 6 heteroatoms. The third kappa shape index (κ3) is 8.88. The first-order valence-electron chi connectivity index (χ1n) is 10.0. The maximum Gasteiger partial charge on any atom is 0.194 e. The second kappa shape index (κ2) is 12.5. The van der Waals surface area contributed by atoms with E-state index in [0.717, 1.165) is 45.2 Å². The number of rotatable bonds is 11. The molecule has 1 aliphatic heterocycles. The van der Waals surface area contributed by atoms with Gasteiger partial charge in [-0.3, -0.25) is 4.99 Å². The molecule has 0 saturated carbocycles. The fourth-order valence-corrected chi connectivity index (χ4v) is 3.13. The SMILES string of the molecule is CCNC(=NCC(O)COCC(C)C)N1CCC(CN(CC)CC)C1. The van der Waals surface area contributed by atoms with Gasteiger partial charge in [-0.2, -0.15) is 0 Å². The van der Waals surface area contributed by atoms with Gasteiger partial charge in [0.05, 0.1) is 19.3 Å². The van der Waals surface area contributed by atoms with Crippen molar-refractivity contribution in [2.45, 2.75) is 47.1 Å². The molecule has 0 aliphatic carbocycles. The molecule has 1 heterocycles. The van der Waals surface area contributed by atoms with Crippen LogP contribution in [0.3, 0.4) is 0 Å². The predicted octanol–water partition coefficient (Wildman–Crippen LogP) is 1.65. The molecule has 1 saturated heterocycles. The number of aliphatic hydroxyl groups excluding tert-OH is 1. The van der Waals surface area contributed by atoms with E-state index in [-0.39, 0.29) is 0 Å². The van der Waals surface area contributed by atoms with E-state index in [9.17, 15) is 5.11 Å². The Morgan fingerprint density at radius 1 is 1.28 bits per heavy atom. The van der Waals surface area contributed by atoms with Crippen LogP contribution in [0.4, 0.5) is 0 Å². The van der Waals surface area contributed by atoms with E-state index in [1.807, 2.05) is 0 Å². The minimum atomic E-state index is -0.540. The number of aliphatic hydroxyl groups is 1. The van der Waals surface area contributed by atoms with E-state index in [1.54, 1.807) is 0 Å². The number of nitrogens with one attached hydrogen (secondary N) is 1. The third-order valence-electron chi connectivity index (χ3n) is 4.54. The molecule has 0 amide bonds. The van der Waals surface area contributed by atoms with Crippen LogP contribution in [0.2, 0.25) is 0 Å². The average Bonchev–Trinajstić information content (AvgIpc) is 3.04. The first-order chi connectivity index (χ1) is 12.0. The summed E-state index contributed by atoms with van der Waals surface area (Å²) in [6, 6.07) is 0. The molecule has 25 heavy (non-hydrogen) atoms. The molecule has 1 aliphatic rings. The highest BCUT2D eigenvalue weighted by Gasteiger charge is 2.26.